The van der Waals surface area contributed by atoms with E-state index in [4.69, 9.17) is 4.74 Å². The summed E-state index contributed by atoms with van der Waals surface area (Å²) >= 11 is 0. The number of carbonyl (C=O) groups excluding carboxylic acids is 1. The Hall–Kier alpha value is -1.51. The first-order valence-corrected chi connectivity index (χ1v) is 6.81. The molecule has 1 amide bonds. The van der Waals surface area contributed by atoms with Gasteiger partial charge in [-0.2, -0.15) is 0 Å². The predicted octanol–water partition coefficient (Wildman–Crippen LogP) is 2.47. The lowest BCUT2D eigenvalue weighted by Crippen LogP contribution is -2.29. The third kappa shape index (κ3) is 3.49. The van der Waals surface area contributed by atoms with Gasteiger partial charge in [-0.3, -0.25) is 4.79 Å². The van der Waals surface area contributed by atoms with E-state index in [0.29, 0.717) is 6.54 Å². The third-order valence-corrected chi connectivity index (χ3v) is 3.26. The zero-order valence-corrected chi connectivity index (χ0v) is 11.0. The monoisotopic (exact) mass is 247 g/mol. The molecule has 0 atom stereocenters. The zero-order chi connectivity index (χ0) is 12.8. The number of rotatable bonds is 5. The van der Waals surface area contributed by atoms with E-state index in [2.05, 4.69) is 17.4 Å². The minimum atomic E-state index is -0.0467. The summed E-state index contributed by atoms with van der Waals surface area (Å²) in [7, 11) is 0. The first-order valence-electron chi connectivity index (χ1n) is 6.81. The summed E-state index contributed by atoms with van der Waals surface area (Å²) in [5.41, 5.74) is 2.82. The second kappa shape index (κ2) is 6.43. The van der Waals surface area contributed by atoms with Crippen LogP contribution in [0, 0.1) is 0 Å². The molecular formula is C15H21NO2. The van der Waals surface area contributed by atoms with E-state index in [1.807, 2.05) is 13.0 Å². The lowest BCUT2D eigenvalue weighted by atomic mass is 9.92. The Kier molecular flexibility index (Phi) is 4.62. The van der Waals surface area contributed by atoms with Crippen LogP contribution in [0.3, 0.4) is 0 Å². The number of ether oxygens (including phenoxy) is 1. The van der Waals surface area contributed by atoms with Gasteiger partial charge in [0.2, 0.25) is 0 Å². The van der Waals surface area contributed by atoms with E-state index in [1.54, 1.807) is 0 Å². The molecule has 1 aliphatic carbocycles. The molecule has 1 aliphatic rings. The number of hydrogen-bond donors (Lipinski definition) is 1. The van der Waals surface area contributed by atoms with E-state index < -0.39 is 0 Å². The average molecular weight is 247 g/mol. The summed E-state index contributed by atoms with van der Waals surface area (Å²) in [6, 6.07) is 6.19. The Morgan fingerprint density at radius 2 is 2.06 bits per heavy atom. The van der Waals surface area contributed by atoms with Gasteiger partial charge in [0.1, 0.15) is 5.75 Å². The fourth-order valence-electron chi connectivity index (χ4n) is 2.26. The number of carbonyl (C=O) groups is 1. The van der Waals surface area contributed by atoms with Crippen molar-refractivity contribution in [3.05, 3.63) is 29.3 Å². The maximum atomic E-state index is 11.4. The van der Waals surface area contributed by atoms with Crippen LogP contribution in [-0.4, -0.2) is 19.1 Å². The van der Waals surface area contributed by atoms with Crippen molar-refractivity contribution >= 4 is 5.91 Å². The second-order valence-electron chi connectivity index (χ2n) is 4.78. The topological polar surface area (TPSA) is 38.3 Å². The van der Waals surface area contributed by atoms with E-state index in [9.17, 15) is 4.79 Å². The van der Waals surface area contributed by atoms with Crippen LogP contribution in [0.15, 0.2) is 18.2 Å². The lowest BCUT2D eigenvalue weighted by molar-refractivity contribution is -0.123. The van der Waals surface area contributed by atoms with Crippen LogP contribution in [0.1, 0.15) is 37.3 Å². The molecule has 1 N–H and O–H groups in total. The van der Waals surface area contributed by atoms with Crippen molar-refractivity contribution in [3.8, 4) is 5.75 Å². The Labute approximate surface area is 109 Å². The highest BCUT2D eigenvalue weighted by molar-refractivity contribution is 5.77. The molecule has 18 heavy (non-hydrogen) atoms. The fourth-order valence-corrected chi connectivity index (χ4v) is 2.26. The van der Waals surface area contributed by atoms with Crippen LogP contribution in [-0.2, 0) is 17.6 Å². The summed E-state index contributed by atoms with van der Waals surface area (Å²) in [4.78, 5) is 11.4. The summed E-state index contributed by atoms with van der Waals surface area (Å²) in [5.74, 6) is 0.761. The maximum Gasteiger partial charge on any atom is 0.257 e. The fraction of sp³-hybridized carbons (Fsp3) is 0.533. The molecule has 98 valence electrons. The van der Waals surface area contributed by atoms with Gasteiger partial charge in [0.25, 0.3) is 5.91 Å². The van der Waals surface area contributed by atoms with Gasteiger partial charge < -0.3 is 10.1 Å². The first kappa shape index (κ1) is 12.9. The summed E-state index contributed by atoms with van der Waals surface area (Å²) in [6.45, 7) is 2.86. The van der Waals surface area contributed by atoms with E-state index in [-0.39, 0.29) is 12.5 Å². The normalized spacial score (nSPS) is 13.8. The number of fused-ring (bicyclic) bond motifs is 1. The Balaban J connectivity index is 1.88. The molecule has 0 saturated heterocycles. The molecule has 0 aromatic heterocycles. The van der Waals surface area contributed by atoms with Crippen LogP contribution in [0.5, 0.6) is 5.75 Å². The molecule has 0 saturated carbocycles. The van der Waals surface area contributed by atoms with Crippen molar-refractivity contribution < 1.29 is 9.53 Å². The van der Waals surface area contributed by atoms with Crippen LogP contribution < -0.4 is 10.1 Å². The van der Waals surface area contributed by atoms with Crippen molar-refractivity contribution in [1.82, 2.24) is 5.32 Å². The van der Waals surface area contributed by atoms with Gasteiger partial charge in [-0.15, -0.1) is 0 Å². The van der Waals surface area contributed by atoms with Crippen molar-refractivity contribution in [3.63, 3.8) is 0 Å². The van der Waals surface area contributed by atoms with Gasteiger partial charge >= 0.3 is 0 Å². The number of nitrogens with one attached hydrogen (secondary N) is 1. The van der Waals surface area contributed by atoms with Gasteiger partial charge in [0, 0.05) is 6.54 Å². The molecule has 0 radical (unpaired) electrons. The Bertz CT molecular complexity index is 415. The molecular weight excluding hydrogens is 226 g/mol. The van der Waals surface area contributed by atoms with Crippen LogP contribution in [0.25, 0.3) is 0 Å². The van der Waals surface area contributed by atoms with Crippen molar-refractivity contribution in [1.29, 1.82) is 0 Å². The molecule has 0 heterocycles. The van der Waals surface area contributed by atoms with Gasteiger partial charge in [-0.25, -0.2) is 0 Å². The second-order valence-corrected chi connectivity index (χ2v) is 4.78. The lowest BCUT2D eigenvalue weighted by Gasteiger charge is -2.16. The molecule has 1 aromatic carbocycles. The summed E-state index contributed by atoms with van der Waals surface area (Å²) in [5, 5.41) is 2.80. The molecule has 0 fully saturated rings. The number of amides is 1. The van der Waals surface area contributed by atoms with Crippen molar-refractivity contribution in [2.45, 2.75) is 39.0 Å². The zero-order valence-electron chi connectivity index (χ0n) is 11.0. The average Bonchev–Trinajstić information content (AvgIpc) is 2.42. The Morgan fingerprint density at radius 3 is 2.83 bits per heavy atom. The highest BCUT2D eigenvalue weighted by atomic mass is 16.5. The molecule has 2 rings (SSSR count). The van der Waals surface area contributed by atoms with Crippen molar-refractivity contribution in [2.24, 2.45) is 0 Å². The summed E-state index contributed by atoms with van der Waals surface area (Å²) in [6.07, 6.45) is 5.80. The molecule has 0 spiro atoms. The standard InChI is InChI=1S/C15H21NO2/c1-2-9-16-15(17)11-18-14-8-7-12-5-3-4-6-13(12)10-14/h7-8,10H,2-6,9,11H2,1H3,(H,16,17). The van der Waals surface area contributed by atoms with Gasteiger partial charge in [0.05, 0.1) is 0 Å². The van der Waals surface area contributed by atoms with Crippen molar-refractivity contribution in [2.75, 3.05) is 13.2 Å². The Morgan fingerprint density at radius 1 is 1.28 bits per heavy atom. The van der Waals surface area contributed by atoms with Crippen LogP contribution in [0.2, 0.25) is 0 Å². The van der Waals surface area contributed by atoms with Gasteiger partial charge in [-0.1, -0.05) is 13.0 Å². The highest BCUT2D eigenvalue weighted by Gasteiger charge is 2.10. The quantitative estimate of drug-likeness (QED) is 0.868. The van der Waals surface area contributed by atoms with E-state index in [0.717, 1.165) is 18.6 Å². The molecule has 0 bridgehead atoms. The van der Waals surface area contributed by atoms with Gasteiger partial charge in [0.15, 0.2) is 6.61 Å². The van der Waals surface area contributed by atoms with Gasteiger partial charge in [-0.05, 0) is 55.4 Å². The molecule has 1 aromatic rings. The smallest absolute Gasteiger partial charge is 0.257 e. The highest BCUT2D eigenvalue weighted by Crippen LogP contribution is 2.25. The van der Waals surface area contributed by atoms with E-state index >= 15 is 0 Å². The minimum absolute atomic E-state index is 0.0467. The molecule has 0 unspecified atom stereocenters. The molecule has 3 heteroatoms. The molecule has 3 nitrogen and oxygen atoms in total. The largest absolute Gasteiger partial charge is 0.484 e. The minimum Gasteiger partial charge on any atom is -0.484 e. The van der Waals surface area contributed by atoms with Crippen LogP contribution in [0.4, 0.5) is 0 Å². The SMILES string of the molecule is CCCNC(=O)COc1ccc2c(c1)CCCC2. The number of benzene rings is 1. The maximum absolute atomic E-state index is 11.4. The third-order valence-electron chi connectivity index (χ3n) is 3.26. The van der Waals surface area contributed by atoms with E-state index in [1.165, 1.54) is 30.4 Å². The number of aryl methyl sites for hydroxylation is 2. The first-order chi connectivity index (χ1) is 8.79. The predicted molar refractivity (Wildman–Crippen MR) is 71.9 cm³/mol. The molecule has 0 aliphatic heterocycles. The summed E-state index contributed by atoms with van der Waals surface area (Å²) < 4.78 is 5.52. The van der Waals surface area contributed by atoms with Crippen LogP contribution >= 0.6 is 0 Å². The number of hydrogen-bond acceptors (Lipinski definition) is 2.